The van der Waals surface area contributed by atoms with Crippen molar-refractivity contribution >= 4 is 22.6 Å². The van der Waals surface area contributed by atoms with E-state index < -0.39 is 12.5 Å². The van der Waals surface area contributed by atoms with E-state index >= 15 is 0 Å². The zero-order chi connectivity index (χ0) is 21.3. The molecule has 5 nitrogen and oxygen atoms in total. The number of fused-ring (bicyclic) bond motifs is 1. The topological polar surface area (TPSA) is 83.8 Å². The first-order valence-corrected chi connectivity index (χ1v) is 9.48. The van der Waals surface area contributed by atoms with Crippen LogP contribution in [0.3, 0.4) is 0 Å². The van der Waals surface area contributed by atoms with E-state index in [4.69, 9.17) is 5.73 Å². The molecule has 0 spiro atoms. The fourth-order valence-corrected chi connectivity index (χ4v) is 3.43. The number of alkyl halides is 2. The van der Waals surface area contributed by atoms with Crippen LogP contribution in [-0.4, -0.2) is 21.9 Å². The number of anilines is 1. The molecule has 1 aromatic carbocycles. The number of aromatic amines is 1. The first-order chi connectivity index (χ1) is 13.5. The van der Waals surface area contributed by atoms with Gasteiger partial charge in [-0.2, -0.15) is 0 Å². The molecular formula is C22H26F2N4O. The Labute approximate surface area is 168 Å². The maximum absolute atomic E-state index is 13.1. The number of benzene rings is 1. The number of aryl methyl sites for hydroxylation is 1. The molecule has 0 saturated heterocycles. The number of nitrogens with one attached hydrogen (secondary N) is 2. The zero-order valence-corrected chi connectivity index (χ0v) is 17.0. The highest BCUT2D eigenvalue weighted by molar-refractivity contribution is 5.97. The molecule has 2 heterocycles. The molecule has 0 radical (unpaired) electrons. The number of carbonyl (C=O) groups excluding carboxylic acids is 1. The van der Waals surface area contributed by atoms with Crippen LogP contribution in [0, 0.1) is 12.3 Å². The summed E-state index contributed by atoms with van der Waals surface area (Å²) in [7, 11) is 0. The molecule has 1 amide bonds. The normalized spacial score (nSPS) is 13.1. The van der Waals surface area contributed by atoms with Gasteiger partial charge in [0.1, 0.15) is 5.65 Å². The van der Waals surface area contributed by atoms with E-state index in [2.05, 4.69) is 15.3 Å². The summed E-state index contributed by atoms with van der Waals surface area (Å²) in [6.07, 6.45) is -0.428. The Balaban J connectivity index is 1.87. The second-order valence-corrected chi connectivity index (χ2v) is 8.54. The molecule has 0 unspecified atom stereocenters. The highest BCUT2D eigenvalue weighted by Crippen LogP contribution is 2.33. The van der Waals surface area contributed by atoms with Crippen molar-refractivity contribution in [2.45, 2.75) is 46.6 Å². The largest absolute Gasteiger partial charge is 0.338 e. The van der Waals surface area contributed by atoms with Gasteiger partial charge in [0.15, 0.2) is 0 Å². The first-order valence-electron chi connectivity index (χ1n) is 9.48. The highest BCUT2D eigenvalue weighted by atomic mass is 19.3. The van der Waals surface area contributed by atoms with Crippen LogP contribution >= 0.6 is 0 Å². The molecule has 29 heavy (non-hydrogen) atoms. The molecule has 154 valence electrons. The van der Waals surface area contributed by atoms with Crippen LogP contribution in [0.25, 0.3) is 22.2 Å². The van der Waals surface area contributed by atoms with Crippen molar-refractivity contribution in [1.29, 1.82) is 0 Å². The van der Waals surface area contributed by atoms with Crippen LogP contribution in [0.4, 0.5) is 14.5 Å². The summed E-state index contributed by atoms with van der Waals surface area (Å²) in [5.74, 6) is -0.231. The number of amides is 1. The minimum Gasteiger partial charge on any atom is -0.338 e. The van der Waals surface area contributed by atoms with E-state index in [0.717, 1.165) is 16.7 Å². The fourth-order valence-electron chi connectivity index (χ4n) is 3.43. The molecular weight excluding hydrogens is 374 g/mol. The van der Waals surface area contributed by atoms with Crippen molar-refractivity contribution in [3.8, 4) is 11.1 Å². The monoisotopic (exact) mass is 400 g/mol. The summed E-state index contributed by atoms with van der Waals surface area (Å²) < 4.78 is 26.1. The predicted octanol–water partition coefficient (Wildman–Crippen LogP) is 5.18. The number of H-pyrrole nitrogens is 1. The van der Waals surface area contributed by atoms with Gasteiger partial charge in [-0.15, -0.1) is 0 Å². The van der Waals surface area contributed by atoms with Gasteiger partial charge in [-0.3, -0.25) is 4.79 Å². The quantitative estimate of drug-likeness (QED) is 0.552. The second kappa shape index (κ2) is 7.91. The standard InChI is InChI=1S/C22H26F2N4O/c1-12-9-13(27-21(29)17(25)11-22(2,3)4)5-6-14(12)15-7-8-26-20-16(15)10-18(28-20)19(23)24/h5-10,17,19H,11,25H2,1-4H3,(H,26,28)(H,27,29)/t17-/m1/s1. The highest BCUT2D eigenvalue weighted by Gasteiger charge is 2.22. The number of aromatic nitrogens is 2. The first kappa shape index (κ1) is 20.9. The molecule has 0 saturated carbocycles. The molecule has 0 aliphatic carbocycles. The van der Waals surface area contributed by atoms with E-state index in [1.54, 1.807) is 18.3 Å². The molecule has 0 bridgehead atoms. The molecule has 4 N–H and O–H groups in total. The van der Waals surface area contributed by atoms with E-state index in [0.29, 0.717) is 23.1 Å². The van der Waals surface area contributed by atoms with Gasteiger partial charge >= 0.3 is 0 Å². The lowest BCUT2D eigenvalue weighted by Gasteiger charge is -2.22. The maximum Gasteiger partial charge on any atom is 0.278 e. The maximum atomic E-state index is 13.1. The molecule has 0 aliphatic rings. The van der Waals surface area contributed by atoms with E-state index in [1.807, 2.05) is 39.8 Å². The van der Waals surface area contributed by atoms with Gasteiger partial charge < -0.3 is 16.0 Å². The minimum absolute atomic E-state index is 0.0448. The minimum atomic E-state index is -2.59. The third-order valence-electron chi connectivity index (χ3n) is 4.74. The number of nitrogens with two attached hydrogens (primary N) is 1. The van der Waals surface area contributed by atoms with Crippen LogP contribution in [-0.2, 0) is 4.79 Å². The SMILES string of the molecule is Cc1cc(NC(=O)[C@H](N)CC(C)(C)C)ccc1-c1ccnc2[nH]c(C(F)F)cc12. The summed E-state index contributed by atoms with van der Waals surface area (Å²) in [6.45, 7) is 8.02. The Bertz CT molecular complexity index is 1040. The van der Waals surface area contributed by atoms with E-state index in [-0.39, 0.29) is 17.0 Å². The van der Waals surface area contributed by atoms with Crippen LogP contribution in [0.1, 0.15) is 44.9 Å². The molecule has 7 heteroatoms. The zero-order valence-electron chi connectivity index (χ0n) is 17.0. The third-order valence-corrected chi connectivity index (χ3v) is 4.74. The number of nitrogens with zero attached hydrogens (tertiary/aromatic N) is 1. The van der Waals surface area contributed by atoms with Gasteiger partial charge in [0.05, 0.1) is 11.7 Å². The Morgan fingerprint density at radius 3 is 2.55 bits per heavy atom. The Morgan fingerprint density at radius 1 is 1.21 bits per heavy atom. The molecule has 3 rings (SSSR count). The number of hydrogen-bond donors (Lipinski definition) is 3. The summed E-state index contributed by atoms with van der Waals surface area (Å²) in [6, 6.07) is 8.14. The lowest BCUT2D eigenvalue weighted by molar-refractivity contribution is -0.118. The van der Waals surface area contributed by atoms with Crippen molar-refractivity contribution in [1.82, 2.24) is 9.97 Å². The van der Waals surface area contributed by atoms with Crippen LogP contribution in [0.5, 0.6) is 0 Å². The Hall–Kier alpha value is -2.80. The molecule has 0 aliphatic heterocycles. The summed E-state index contributed by atoms with van der Waals surface area (Å²) in [4.78, 5) is 19.2. The summed E-state index contributed by atoms with van der Waals surface area (Å²) in [5.41, 5.74) is 9.47. The van der Waals surface area contributed by atoms with Gasteiger partial charge in [0.25, 0.3) is 6.43 Å². The lowest BCUT2D eigenvalue weighted by Crippen LogP contribution is -2.38. The summed E-state index contributed by atoms with van der Waals surface area (Å²) >= 11 is 0. The molecule has 0 fully saturated rings. The number of pyridine rings is 1. The number of hydrogen-bond acceptors (Lipinski definition) is 3. The van der Waals surface area contributed by atoms with Crippen LogP contribution in [0.2, 0.25) is 0 Å². The molecule has 2 aromatic heterocycles. The average molecular weight is 400 g/mol. The van der Waals surface area contributed by atoms with Crippen molar-refractivity contribution in [3.05, 3.63) is 47.8 Å². The number of halogens is 2. The molecule has 1 atom stereocenters. The lowest BCUT2D eigenvalue weighted by atomic mass is 9.88. The van der Waals surface area contributed by atoms with Gasteiger partial charge in [-0.25, -0.2) is 13.8 Å². The van der Waals surface area contributed by atoms with Crippen molar-refractivity contribution in [2.75, 3.05) is 5.32 Å². The molecule has 3 aromatic rings. The third kappa shape index (κ3) is 4.79. The van der Waals surface area contributed by atoms with Crippen LogP contribution in [0.15, 0.2) is 36.5 Å². The van der Waals surface area contributed by atoms with E-state index in [1.165, 1.54) is 6.07 Å². The number of rotatable bonds is 5. The second-order valence-electron chi connectivity index (χ2n) is 8.54. The predicted molar refractivity (Wildman–Crippen MR) is 112 cm³/mol. The van der Waals surface area contributed by atoms with Crippen LogP contribution < -0.4 is 11.1 Å². The Morgan fingerprint density at radius 2 is 1.93 bits per heavy atom. The Kier molecular flexibility index (Phi) is 5.71. The smallest absolute Gasteiger partial charge is 0.278 e. The van der Waals surface area contributed by atoms with Gasteiger partial charge in [-0.1, -0.05) is 26.8 Å². The van der Waals surface area contributed by atoms with Crippen molar-refractivity contribution < 1.29 is 13.6 Å². The van der Waals surface area contributed by atoms with E-state index in [9.17, 15) is 13.6 Å². The fraction of sp³-hybridized carbons (Fsp3) is 0.364. The average Bonchev–Trinajstić information content (AvgIpc) is 3.05. The van der Waals surface area contributed by atoms with Gasteiger partial charge in [-0.05, 0) is 59.7 Å². The number of carbonyl (C=O) groups is 1. The van der Waals surface area contributed by atoms with Crippen molar-refractivity contribution in [3.63, 3.8) is 0 Å². The summed E-state index contributed by atoms with van der Waals surface area (Å²) in [5, 5.41) is 3.49. The van der Waals surface area contributed by atoms with Crippen molar-refractivity contribution in [2.24, 2.45) is 11.1 Å². The van der Waals surface area contributed by atoms with Gasteiger partial charge in [0.2, 0.25) is 5.91 Å². The van der Waals surface area contributed by atoms with Gasteiger partial charge in [0, 0.05) is 17.3 Å².